The van der Waals surface area contributed by atoms with Crippen LogP contribution in [-0.2, 0) is 17.3 Å². The summed E-state index contributed by atoms with van der Waals surface area (Å²) < 4.78 is 0. The molecule has 1 aromatic carbocycles. The van der Waals surface area contributed by atoms with Crippen molar-refractivity contribution in [2.24, 2.45) is 5.92 Å². The summed E-state index contributed by atoms with van der Waals surface area (Å²) in [4.78, 5) is 0. The first-order valence-corrected chi connectivity index (χ1v) is 8.96. The molecule has 24 heavy (non-hydrogen) atoms. The molecule has 0 spiro atoms. The van der Waals surface area contributed by atoms with Gasteiger partial charge in [-0.3, -0.25) is 0 Å². The minimum atomic E-state index is -0.0800. The Bertz CT molecular complexity index is 661. The van der Waals surface area contributed by atoms with Gasteiger partial charge in [0.15, 0.2) is 0 Å². The third-order valence-corrected chi connectivity index (χ3v) is 4.50. The van der Waals surface area contributed by atoms with Gasteiger partial charge < -0.3 is 5.11 Å². The fourth-order valence-corrected chi connectivity index (χ4v) is 3.53. The predicted molar refractivity (Wildman–Crippen MR) is 105 cm³/mol. The van der Waals surface area contributed by atoms with Crippen LogP contribution in [0.1, 0.15) is 64.7 Å². The lowest BCUT2D eigenvalue weighted by molar-refractivity contribution is 0.434. The molecule has 0 fully saturated rings. The van der Waals surface area contributed by atoms with E-state index in [-0.39, 0.29) is 10.8 Å². The van der Waals surface area contributed by atoms with Crippen LogP contribution in [0.2, 0.25) is 0 Å². The van der Waals surface area contributed by atoms with Gasteiger partial charge in [0.2, 0.25) is 0 Å². The summed E-state index contributed by atoms with van der Waals surface area (Å²) in [5, 5.41) is 10.5. The first-order chi connectivity index (χ1) is 11.1. The zero-order chi connectivity index (χ0) is 18.0. The van der Waals surface area contributed by atoms with Gasteiger partial charge in [0, 0.05) is 5.56 Å². The Labute approximate surface area is 147 Å². The van der Waals surface area contributed by atoms with Crippen LogP contribution in [0.15, 0.2) is 48.6 Å². The molecule has 0 saturated carbocycles. The first-order valence-electron chi connectivity index (χ1n) is 8.96. The van der Waals surface area contributed by atoms with Crippen molar-refractivity contribution >= 4 is 0 Å². The van der Waals surface area contributed by atoms with Crippen molar-refractivity contribution in [2.75, 3.05) is 0 Å². The van der Waals surface area contributed by atoms with Gasteiger partial charge in [-0.25, -0.2) is 0 Å². The third-order valence-electron chi connectivity index (χ3n) is 4.50. The molecule has 1 heteroatoms. The van der Waals surface area contributed by atoms with Gasteiger partial charge in [-0.15, -0.1) is 0 Å². The molecule has 1 aliphatic carbocycles. The number of phenolic OH excluding ortho intramolecular Hbond substituents is 1. The van der Waals surface area contributed by atoms with Crippen LogP contribution in [0.3, 0.4) is 0 Å². The lowest BCUT2D eigenvalue weighted by atomic mass is 9.72. The highest BCUT2D eigenvalue weighted by Gasteiger charge is 2.30. The van der Waals surface area contributed by atoms with E-state index in [9.17, 15) is 5.11 Å². The lowest BCUT2D eigenvalue weighted by Crippen LogP contribution is -2.24. The zero-order valence-corrected chi connectivity index (χ0v) is 16.1. The molecule has 1 nitrogen and oxygen atoms in total. The predicted octanol–water partition coefficient (Wildman–Crippen LogP) is 6.22. The van der Waals surface area contributed by atoms with E-state index in [2.05, 4.69) is 84.1 Å². The van der Waals surface area contributed by atoms with E-state index in [1.807, 2.05) is 6.07 Å². The molecule has 0 aromatic heterocycles. The maximum absolute atomic E-state index is 10.5. The Hall–Kier alpha value is -1.76. The Morgan fingerprint density at radius 3 is 2.21 bits per heavy atom. The van der Waals surface area contributed by atoms with Crippen LogP contribution in [-0.4, -0.2) is 5.11 Å². The van der Waals surface area contributed by atoms with E-state index in [1.54, 1.807) is 0 Å². The molecule has 130 valence electrons. The minimum Gasteiger partial charge on any atom is -0.508 e. The van der Waals surface area contributed by atoms with E-state index in [4.69, 9.17) is 0 Å². The number of allylic oxidation sites excluding steroid dienone is 6. The summed E-state index contributed by atoms with van der Waals surface area (Å²) in [6, 6.07) is 3.95. The van der Waals surface area contributed by atoms with Gasteiger partial charge in [0.1, 0.15) is 5.75 Å². The van der Waals surface area contributed by atoms with Crippen molar-refractivity contribution in [3.8, 4) is 5.75 Å². The maximum Gasteiger partial charge on any atom is 0.119 e. The van der Waals surface area contributed by atoms with Crippen molar-refractivity contribution in [3.63, 3.8) is 0 Å². The van der Waals surface area contributed by atoms with Gasteiger partial charge in [-0.05, 0) is 46.8 Å². The third kappa shape index (κ3) is 4.41. The lowest BCUT2D eigenvalue weighted by Gasteiger charge is -2.33. The fraction of sp³-hybridized carbons (Fsp3) is 0.478. The molecule has 0 heterocycles. The topological polar surface area (TPSA) is 20.2 Å². The van der Waals surface area contributed by atoms with Crippen molar-refractivity contribution in [3.05, 3.63) is 65.3 Å². The van der Waals surface area contributed by atoms with Gasteiger partial charge in [0.05, 0.1) is 0 Å². The number of rotatable bonds is 3. The quantitative estimate of drug-likeness (QED) is 0.654. The second-order valence-corrected chi connectivity index (χ2v) is 8.84. The highest BCUT2D eigenvalue weighted by molar-refractivity contribution is 5.51. The SMILES string of the molecule is CC(C)(C)c1c(O)ccc(CC=CC2C=CC=CC2)c1C(C)(C)C. The fourth-order valence-electron chi connectivity index (χ4n) is 3.53. The van der Waals surface area contributed by atoms with Crippen LogP contribution < -0.4 is 0 Å². The Morgan fingerprint density at radius 2 is 1.67 bits per heavy atom. The average Bonchev–Trinajstić information content (AvgIpc) is 2.47. The highest BCUT2D eigenvalue weighted by Crippen LogP contribution is 2.41. The monoisotopic (exact) mass is 324 g/mol. The van der Waals surface area contributed by atoms with E-state index in [0.717, 1.165) is 18.4 Å². The number of hydrogen-bond donors (Lipinski definition) is 1. The van der Waals surface area contributed by atoms with Crippen molar-refractivity contribution < 1.29 is 5.11 Å². The standard InChI is InChI=1S/C23H32O/c1-22(2,3)20-18(14-10-13-17-11-8-7-9-12-17)15-16-19(24)21(20)23(4,5)6/h7-11,13,15-17,24H,12,14H2,1-6H3. The summed E-state index contributed by atoms with van der Waals surface area (Å²) in [6.45, 7) is 13.2. The molecule has 0 saturated heterocycles. The van der Waals surface area contributed by atoms with E-state index >= 15 is 0 Å². The average molecular weight is 325 g/mol. The molecule has 2 rings (SSSR count). The second kappa shape index (κ2) is 7.01. The van der Waals surface area contributed by atoms with Crippen LogP contribution in [0.4, 0.5) is 0 Å². The van der Waals surface area contributed by atoms with Crippen molar-refractivity contribution in [1.82, 2.24) is 0 Å². The Balaban J connectivity index is 2.37. The number of hydrogen-bond acceptors (Lipinski definition) is 1. The molecule has 0 bridgehead atoms. The van der Waals surface area contributed by atoms with Crippen LogP contribution in [0.25, 0.3) is 0 Å². The second-order valence-electron chi connectivity index (χ2n) is 8.84. The molecule has 1 atom stereocenters. The molecule has 1 aromatic rings. The van der Waals surface area contributed by atoms with Crippen LogP contribution in [0, 0.1) is 5.92 Å². The molecule has 0 radical (unpaired) electrons. The maximum atomic E-state index is 10.5. The van der Waals surface area contributed by atoms with E-state index in [0.29, 0.717) is 11.7 Å². The molecular weight excluding hydrogens is 292 g/mol. The molecular formula is C23H32O. The smallest absolute Gasteiger partial charge is 0.119 e. The molecule has 1 aliphatic rings. The zero-order valence-electron chi connectivity index (χ0n) is 16.1. The molecule has 0 aliphatic heterocycles. The van der Waals surface area contributed by atoms with E-state index in [1.165, 1.54) is 11.1 Å². The summed E-state index contributed by atoms with van der Waals surface area (Å²) in [5.41, 5.74) is 3.61. The normalized spacial score (nSPS) is 18.5. The van der Waals surface area contributed by atoms with Crippen molar-refractivity contribution in [2.45, 2.75) is 65.2 Å². The number of aromatic hydroxyl groups is 1. The minimum absolute atomic E-state index is 0.00198. The van der Waals surface area contributed by atoms with Crippen LogP contribution >= 0.6 is 0 Å². The van der Waals surface area contributed by atoms with Gasteiger partial charge >= 0.3 is 0 Å². The molecule has 1 N–H and O–H groups in total. The Kier molecular flexibility index (Phi) is 5.42. The largest absolute Gasteiger partial charge is 0.508 e. The summed E-state index contributed by atoms with van der Waals surface area (Å²) in [5.74, 6) is 0.924. The van der Waals surface area contributed by atoms with Crippen molar-refractivity contribution in [1.29, 1.82) is 0 Å². The van der Waals surface area contributed by atoms with Crippen LogP contribution in [0.5, 0.6) is 5.75 Å². The van der Waals surface area contributed by atoms with Gasteiger partial charge in [-0.1, -0.05) is 84.1 Å². The number of phenols is 1. The summed E-state index contributed by atoms with van der Waals surface area (Å²) in [7, 11) is 0. The molecule has 0 amide bonds. The molecule has 1 unspecified atom stereocenters. The van der Waals surface area contributed by atoms with Gasteiger partial charge in [0.25, 0.3) is 0 Å². The van der Waals surface area contributed by atoms with Gasteiger partial charge in [-0.2, -0.15) is 0 Å². The van der Waals surface area contributed by atoms with E-state index < -0.39 is 0 Å². The highest BCUT2D eigenvalue weighted by atomic mass is 16.3. The summed E-state index contributed by atoms with van der Waals surface area (Å²) >= 11 is 0. The Morgan fingerprint density at radius 1 is 1.00 bits per heavy atom. The number of benzene rings is 1. The first kappa shape index (κ1) is 18.6. The summed E-state index contributed by atoms with van der Waals surface area (Å²) in [6.07, 6.45) is 15.3.